The number of amides is 1. The molecule has 0 bridgehead atoms. The fraction of sp³-hybridized carbons (Fsp3) is 0. The van der Waals surface area contributed by atoms with Crippen molar-refractivity contribution in [3.05, 3.63) is 72.3 Å². The van der Waals surface area contributed by atoms with Gasteiger partial charge in [-0.3, -0.25) is 0 Å². The summed E-state index contributed by atoms with van der Waals surface area (Å²) in [4.78, 5) is 24.5. The number of rotatable bonds is 3. The molecule has 0 saturated heterocycles. The van der Waals surface area contributed by atoms with Crippen molar-refractivity contribution in [2.24, 2.45) is 0 Å². The van der Waals surface area contributed by atoms with Crippen molar-refractivity contribution in [2.45, 2.75) is 0 Å². The lowest BCUT2D eigenvalue weighted by Crippen LogP contribution is -2.26. The molecule has 0 aromatic heterocycles. The van der Waals surface area contributed by atoms with Crippen LogP contribution in [0.3, 0.4) is 0 Å². The molecule has 2 N–H and O–H groups in total. The van der Waals surface area contributed by atoms with Crippen molar-refractivity contribution >= 4 is 34.2 Å². The Kier molecular flexibility index (Phi) is 3.68. The van der Waals surface area contributed by atoms with Gasteiger partial charge in [-0.15, -0.1) is 0 Å². The summed E-state index contributed by atoms with van der Waals surface area (Å²) in [7, 11) is 0. The fourth-order valence-electron chi connectivity index (χ4n) is 2.58. The van der Waals surface area contributed by atoms with E-state index in [0.717, 1.165) is 10.3 Å². The van der Waals surface area contributed by atoms with E-state index in [1.807, 2.05) is 12.1 Å². The predicted octanol–water partition coefficient (Wildman–Crippen LogP) is 4.35. The predicted molar refractivity (Wildman–Crippen MR) is 87.5 cm³/mol. The largest absolute Gasteiger partial charge is 0.478 e. The molecule has 1 amide bonds. The second kappa shape index (κ2) is 5.81. The van der Waals surface area contributed by atoms with Crippen molar-refractivity contribution in [1.29, 1.82) is 0 Å². The van der Waals surface area contributed by atoms with Crippen LogP contribution < -0.4 is 4.90 Å². The van der Waals surface area contributed by atoms with Gasteiger partial charge in [-0.2, -0.15) is 0 Å². The number of carboxylic acid groups (broad SMARTS) is 2. The normalized spacial score (nSPS) is 10.4. The third-order valence-electron chi connectivity index (χ3n) is 3.56. The Labute approximate surface area is 132 Å². The lowest BCUT2D eigenvalue weighted by atomic mass is 10.0. The van der Waals surface area contributed by atoms with E-state index >= 15 is 0 Å². The first kappa shape index (κ1) is 14.6. The molecule has 0 fully saturated rings. The van der Waals surface area contributed by atoms with E-state index in [0.29, 0.717) is 11.1 Å². The van der Waals surface area contributed by atoms with Gasteiger partial charge in [0.05, 0.1) is 16.9 Å². The molecule has 0 atom stereocenters. The van der Waals surface area contributed by atoms with Gasteiger partial charge in [-0.05, 0) is 23.6 Å². The first-order valence-corrected chi connectivity index (χ1v) is 6.92. The van der Waals surface area contributed by atoms with Crippen molar-refractivity contribution < 1.29 is 19.8 Å². The summed E-state index contributed by atoms with van der Waals surface area (Å²) in [5, 5.41) is 20.5. The number of hydrogen-bond acceptors (Lipinski definition) is 2. The number of para-hydroxylation sites is 1. The van der Waals surface area contributed by atoms with Crippen LogP contribution in [0.5, 0.6) is 0 Å². The summed E-state index contributed by atoms with van der Waals surface area (Å²) in [5.41, 5.74) is 0.475. The minimum atomic E-state index is -1.24. The summed E-state index contributed by atoms with van der Waals surface area (Å²) in [6, 6.07) is 18.6. The number of nitrogens with zero attached hydrogens (tertiary/aromatic N) is 1. The molecule has 3 rings (SSSR count). The van der Waals surface area contributed by atoms with E-state index in [2.05, 4.69) is 0 Å². The minimum absolute atomic E-state index is 0.0602. The second-order valence-corrected chi connectivity index (χ2v) is 4.94. The lowest BCUT2D eigenvalue weighted by Gasteiger charge is -2.23. The highest BCUT2D eigenvalue weighted by molar-refractivity contribution is 6.13. The molecule has 0 radical (unpaired) electrons. The molecule has 3 aromatic carbocycles. The molecule has 0 saturated carbocycles. The third kappa shape index (κ3) is 2.60. The maximum atomic E-state index is 11.9. The van der Waals surface area contributed by atoms with Gasteiger partial charge < -0.3 is 10.2 Å². The van der Waals surface area contributed by atoms with Gasteiger partial charge in [-0.1, -0.05) is 48.5 Å². The summed E-state index contributed by atoms with van der Waals surface area (Å²) in [6.45, 7) is 0. The number of fused-ring (bicyclic) bond motifs is 1. The van der Waals surface area contributed by atoms with Crippen LogP contribution in [0.1, 0.15) is 10.4 Å². The standard InChI is InChI=1S/C18H13NO4/c20-17(21)15-11-10-12-6-4-5-9-14(12)16(15)19(18(22)23)13-7-2-1-3-8-13/h1-11H,(H,20,21)(H,22,23). The molecule has 5 nitrogen and oxygen atoms in total. The van der Waals surface area contributed by atoms with Crippen LogP contribution in [0.15, 0.2) is 66.7 Å². The number of aromatic carboxylic acids is 1. The van der Waals surface area contributed by atoms with Crippen LogP contribution in [-0.2, 0) is 0 Å². The molecule has 0 aliphatic carbocycles. The van der Waals surface area contributed by atoms with Gasteiger partial charge >= 0.3 is 12.1 Å². The molecule has 0 aliphatic rings. The zero-order valence-electron chi connectivity index (χ0n) is 12.0. The Morgan fingerprint density at radius 2 is 1.43 bits per heavy atom. The monoisotopic (exact) mass is 307 g/mol. The highest BCUT2D eigenvalue weighted by Gasteiger charge is 2.25. The van der Waals surface area contributed by atoms with Gasteiger partial charge in [0.2, 0.25) is 0 Å². The Balaban J connectivity index is 2.37. The molecule has 3 aromatic rings. The van der Waals surface area contributed by atoms with Gasteiger partial charge in [0.25, 0.3) is 0 Å². The molecule has 5 heteroatoms. The van der Waals surface area contributed by atoms with Gasteiger partial charge in [0.1, 0.15) is 0 Å². The number of benzene rings is 3. The van der Waals surface area contributed by atoms with E-state index in [9.17, 15) is 19.8 Å². The third-order valence-corrected chi connectivity index (χ3v) is 3.56. The summed E-state index contributed by atoms with van der Waals surface area (Å²) < 4.78 is 0. The zero-order chi connectivity index (χ0) is 16.4. The topological polar surface area (TPSA) is 77.8 Å². The number of carboxylic acids is 1. The van der Waals surface area contributed by atoms with E-state index < -0.39 is 12.1 Å². The Morgan fingerprint density at radius 1 is 0.783 bits per heavy atom. The Hall–Kier alpha value is -3.34. The molecule has 0 spiro atoms. The van der Waals surface area contributed by atoms with Crippen LogP contribution >= 0.6 is 0 Å². The molecular weight excluding hydrogens is 294 g/mol. The maximum absolute atomic E-state index is 11.9. The van der Waals surface area contributed by atoms with Crippen LogP contribution in [0.2, 0.25) is 0 Å². The zero-order valence-corrected chi connectivity index (χ0v) is 12.0. The highest BCUT2D eigenvalue weighted by atomic mass is 16.4. The van der Waals surface area contributed by atoms with E-state index in [1.54, 1.807) is 48.5 Å². The second-order valence-electron chi connectivity index (χ2n) is 4.94. The van der Waals surface area contributed by atoms with Crippen molar-refractivity contribution in [3.8, 4) is 0 Å². The average Bonchev–Trinajstić information content (AvgIpc) is 2.55. The molecule has 114 valence electrons. The van der Waals surface area contributed by atoms with Gasteiger partial charge in [0.15, 0.2) is 0 Å². The molecule has 0 unspecified atom stereocenters. The number of carbonyl (C=O) groups is 2. The number of anilines is 2. The smallest absolute Gasteiger partial charge is 0.416 e. The lowest BCUT2D eigenvalue weighted by molar-refractivity contribution is 0.0698. The van der Waals surface area contributed by atoms with Crippen LogP contribution in [-0.4, -0.2) is 22.3 Å². The SMILES string of the molecule is O=C(O)c1ccc2ccccc2c1N(C(=O)O)c1ccccc1. The molecule has 0 aliphatic heterocycles. The summed E-state index contributed by atoms with van der Waals surface area (Å²) in [5.74, 6) is -1.17. The first-order valence-electron chi connectivity index (χ1n) is 6.92. The van der Waals surface area contributed by atoms with Gasteiger partial charge in [-0.25, -0.2) is 14.5 Å². The van der Waals surface area contributed by atoms with Crippen molar-refractivity contribution in [2.75, 3.05) is 4.90 Å². The van der Waals surface area contributed by atoms with E-state index in [1.165, 1.54) is 6.07 Å². The molecule has 0 heterocycles. The summed E-state index contributed by atoms with van der Waals surface area (Å²) in [6.07, 6.45) is -1.24. The quantitative estimate of drug-likeness (QED) is 0.754. The average molecular weight is 307 g/mol. The van der Waals surface area contributed by atoms with E-state index in [-0.39, 0.29) is 11.3 Å². The molecule has 23 heavy (non-hydrogen) atoms. The first-order chi connectivity index (χ1) is 11.1. The van der Waals surface area contributed by atoms with Crippen molar-refractivity contribution in [3.63, 3.8) is 0 Å². The Morgan fingerprint density at radius 3 is 2.09 bits per heavy atom. The molecular formula is C18H13NO4. The van der Waals surface area contributed by atoms with Crippen molar-refractivity contribution in [1.82, 2.24) is 0 Å². The van der Waals surface area contributed by atoms with Gasteiger partial charge in [0, 0.05) is 5.39 Å². The van der Waals surface area contributed by atoms with Crippen LogP contribution in [0.4, 0.5) is 16.2 Å². The van der Waals surface area contributed by atoms with Crippen LogP contribution in [0, 0.1) is 0 Å². The van der Waals surface area contributed by atoms with E-state index in [4.69, 9.17) is 0 Å². The minimum Gasteiger partial charge on any atom is -0.478 e. The Bertz CT molecular complexity index is 890. The maximum Gasteiger partial charge on any atom is 0.416 e. The fourth-order valence-corrected chi connectivity index (χ4v) is 2.58. The highest BCUT2D eigenvalue weighted by Crippen LogP contribution is 2.35. The number of hydrogen-bond donors (Lipinski definition) is 2. The summed E-state index contributed by atoms with van der Waals surface area (Å²) >= 11 is 0. The van der Waals surface area contributed by atoms with Crippen LogP contribution in [0.25, 0.3) is 10.8 Å².